The summed E-state index contributed by atoms with van der Waals surface area (Å²) >= 11 is 0. The lowest BCUT2D eigenvalue weighted by atomic mass is 10.00. The minimum absolute atomic E-state index is 0.139. The molecular formula is C21H18N2O3. The van der Waals surface area contributed by atoms with Crippen LogP contribution in [0.5, 0.6) is 5.75 Å². The normalized spacial score (nSPS) is 16.4. The molecule has 1 aromatic heterocycles. The topological polar surface area (TPSA) is 55.0 Å². The van der Waals surface area contributed by atoms with Crippen LogP contribution in [-0.4, -0.2) is 23.7 Å². The Morgan fingerprint density at radius 1 is 1.12 bits per heavy atom. The molecular weight excluding hydrogens is 328 g/mol. The van der Waals surface area contributed by atoms with Gasteiger partial charge < -0.3 is 9.15 Å². The van der Waals surface area contributed by atoms with E-state index in [2.05, 4.69) is 5.10 Å². The van der Waals surface area contributed by atoms with Crippen molar-refractivity contribution in [3.05, 3.63) is 89.9 Å². The van der Waals surface area contributed by atoms with Gasteiger partial charge in [0, 0.05) is 12.0 Å². The van der Waals surface area contributed by atoms with E-state index in [1.165, 1.54) is 0 Å². The van der Waals surface area contributed by atoms with Crippen LogP contribution in [0.1, 0.15) is 34.1 Å². The highest BCUT2D eigenvalue weighted by Gasteiger charge is 2.34. The predicted molar refractivity (Wildman–Crippen MR) is 98.2 cm³/mol. The Labute approximate surface area is 151 Å². The summed E-state index contributed by atoms with van der Waals surface area (Å²) in [6.45, 7) is 0. The Hall–Kier alpha value is -3.34. The smallest absolute Gasteiger partial charge is 0.274 e. The summed E-state index contributed by atoms with van der Waals surface area (Å²) in [6, 6.07) is 20.4. The number of nitrogens with zero attached hydrogens (tertiary/aromatic N) is 2. The molecule has 1 amide bonds. The quantitative estimate of drug-likeness (QED) is 0.708. The lowest BCUT2D eigenvalue weighted by Gasteiger charge is -2.22. The van der Waals surface area contributed by atoms with E-state index in [4.69, 9.17) is 9.15 Å². The summed E-state index contributed by atoms with van der Waals surface area (Å²) in [6.07, 6.45) is 2.19. The predicted octanol–water partition coefficient (Wildman–Crippen LogP) is 4.28. The molecule has 0 N–H and O–H groups in total. The summed E-state index contributed by atoms with van der Waals surface area (Å²) in [5.74, 6) is 1.29. The number of hydrazone groups is 1. The molecule has 26 heavy (non-hydrogen) atoms. The summed E-state index contributed by atoms with van der Waals surface area (Å²) in [5, 5.41) is 6.13. The maximum absolute atomic E-state index is 13.1. The number of ether oxygens (including phenoxy) is 1. The number of carbonyl (C=O) groups is 1. The van der Waals surface area contributed by atoms with Gasteiger partial charge in [-0.25, -0.2) is 5.01 Å². The lowest BCUT2D eigenvalue weighted by Crippen LogP contribution is -2.27. The number of carbonyl (C=O) groups excluding carboxylic acids is 1. The zero-order valence-corrected chi connectivity index (χ0v) is 14.3. The van der Waals surface area contributed by atoms with Crippen LogP contribution in [0.2, 0.25) is 0 Å². The Kier molecular flexibility index (Phi) is 4.27. The number of furan rings is 1. The third-order valence-corrected chi connectivity index (χ3v) is 4.42. The van der Waals surface area contributed by atoms with E-state index in [0.29, 0.717) is 17.7 Å². The zero-order valence-electron chi connectivity index (χ0n) is 14.3. The summed E-state index contributed by atoms with van der Waals surface area (Å²) in [7, 11) is 1.63. The average molecular weight is 346 g/mol. The molecule has 1 aliphatic heterocycles. The minimum Gasteiger partial charge on any atom is -0.497 e. The maximum atomic E-state index is 13.1. The van der Waals surface area contributed by atoms with E-state index in [9.17, 15) is 4.79 Å². The van der Waals surface area contributed by atoms with E-state index in [0.717, 1.165) is 17.0 Å². The largest absolute Gasteiger partial charge is 0.497 e. The highest BCUT2D eigenvalue weighted by Crippen LogP contribution is 2.35. The summed E-state index contributed by atoms with van der Waals surface area (Å²) < 4.78 is 10.8. The highest BCUT2D eigenvalue weighted by molar-refractivity contribution is 6.03. The van der Waals surface area contributed by atoms with Crippen LogP contribution in [0.4, 0.5) is 0 Å². The molecule has 0 bridgehead atoms. The van der Waals surface area contributed by atoms with Crippen LogP contribution in [0.3, 0.4) is 0 Å². The molecule has 2 heterocycles. The van der Waals surface area contributed by atoms with Crippen molar-refractivity contribution in [3.8, 4) is 5.75 Å². The van der Waals surface area contributed by atoms with Crippen molar-refractivity contribution >= 4 is 11.6 Å². The molecule has 5 nitrogen and oxygen atoms in total. The van der Waals surface area contributed by atoms with Crippen LogP contribution < -0.4 is 4.74 Å². The van der Waals surface area contributed by atoms with Gasteiger partial charge in [0.2, 0.25) is 0 Å². The van der Waals surface area contributed by atoms with Gasteiger partial charge in [0.05, 0.1) is 19.4 Å². The molecule has 2 aromatic carbocycles. The fourth-order valence-electron chi connectivity index (χ4n) is 3.11. The molecule has 0 unspecified atom stereocenters. The van der Waals surface area contributed by atoms with Gasteiger partial charge in [0.25, 0.3) is 5.91 Å². The Morgan fingerprint density at radius 3 is 2.69 bits per heavy atom. The van der Waals surface area contributed by atoms with Crippen molar-refractivity contribution in [2.75, 3.05) is 7.11 Å². The minimum atomic E-state index is -0.210. The third kappa shape index (κ3) is 2.99. The van der Waals surface area contributed by atoms with Crippen molar-refractivity contribution < 1.29 is 13.9 Å². The second kappa shape index (κ2) is 6.88. The second-order valence-corrected chi connectivity index (χ2v) is 6.04. The molecule has 0 spiro atoms. The molecule has 1 atom stereocenters. The highest BCUT2D eigenvalue weighted by atomic mass is 16.5. The summed E-state index contributed by atoms with van der Waals surface area (Å²) in [4.78, 5) is 13.1. The SMILES string of the molecule is COc1cccc([C@H]2CC(c3ccco3)=NN2C(=O)c2ccccc2)c1. The van der Waals surface area contributed by atoms with Gasteiger partial charge in [-0.05, 0) is 42.0 Å². The number of hydrogen-bond donors (Lipinski definition) is 0. The van der Waals surface area contributed by atoms with Gasteiger partial charge in [-0.3, -0.25) is 4.79 Å². The molecule has 0 saturated heterocycles. The molecule has 5 heteroatoms. The first kappa shape index (κ1) is 16.1. The number of amides is 1. The first-order valence-electron chi connectivity index (χ1n) is 8.40. The molecule has 0 saturated carbocycles. The van der Waals surface area contributed by atoms with Gasteiger partial charge in [-0.15, -0.1) is 0 Å². The van der Waals surface area contributed by atoms with Crippen LogP contribution >= 0.6 is 0 Å². The van der Waals surface area contributed by atoms with Crippen LogP contribution in [-0.2, 0) is 0 Å². The Balaban J connectivity index is 1.73. The van der Waals surface area contributed by atoms with Crippen LogP contribution in [0.25, 0.3) is 0 Å². The number of benzene rings is 2. The van der Waals surface area contributed by atoms with Crippen molar-refractivity contribution in [2.24, 2.45) is 5.10 Å². The third-order valence-electron chi connectivity index (χ3n) is 4.42. The van der Waals surface area contributed by atoms with E-state index in [1.54, 1.807) is 30.5 Å². The lowest BCUT2D eigenvalue weighted by molar-refractivity contribution is 0.0711. The molecule has 0 radical (unpaired) electrons. The molecule has 4 rings (SSSR count). The number of rotatable bonds is 4. The monoisotopic (exact) mass is 346 g/mol. The average Bonchev–Trinajstić information content (AvgIpc) is 3.38. The van der Waals surface area contributed by atoms with Crippen molar-refractivity contribution in [3.63, 3.8) is 0 Å². The molecule has 3 aromatic rings. The van der Waals surface area contributed by atoms with E-state index in [-0.39, 0.29) is 11.9 Å². The number of hydrogen-bond acceptors (Lipinski definition) is 4. The van der Waals surface area contributed by atoms with Crippen LogP contribution in [0.15, 0.2) is 82.5 Å². The van der Waals surface area contributed by atoms with Gasteiger partial charge >= 0.3 is 0 Å². The fraction of sp³-hybridized carbons (Fsp3) is 0.143. The van der Waals surface area contributed by atoms with Crippen molar-refractivity contribution in [1.29, 1.82) is 0 Å². The van der Waals surface area contributed by atoms with E-state index < -0.39 is 0 Å². The Bertz CT molecular complexity index is 933. The summed E-state index contributed by atoms with van der Waals surface area (Å²) in [5.41, 5.74) is 2.33. The van der Waals surface area contributed by atoms with Crippen molar-refractivity contribution in [2.45, 2.75) is 12.5 Å². The fourth-order valence-corrected chi connectivity index (χ4v) is 3.11. The number of methoxy groups -OCH3 is 1. The first-order chi connectivity index (χ1) is 12.8. The van der Waals surface area contributed by atoms with Gasteiger partial charge in [-0.2, -0.15) is 5.10 Å². The maximum Gasteiger partial charge on any atom is 0.274 e. The van der Waals surface area contributed by atoms with Gasteiger partial charge in [0.15, 0.2) is 0 Å². The molecule has 0 aliphatic carbocycles. The van der Waals surface area contributed by atoms with E-state index in [1.807, 2.05) is 54.6 Å². The standard InChI is InChI=1S/C21H18N2O3/c1-25-17-10-5-9-16(13-17)19-14-18(20-11-6-12-26-20)22-23(19)21(24)15-7-3-2-4-8-15/h2-13,19H,14H2,1H3/t19-/m1/s1. The second-order valence-electron chi connectivity index (χ2n) is 6.04. The first-order valence-corrected chi connectivity index (χ1v) is 8.40. The zero-order chi connectivity index (χ0) is 17.9. The van der Waals surface area contributed by atoms with Gasteiger partial charge in [0.1, 0.15) is 17.2 Å². The molecule has 0 fully saturated rings. The van der Waals surface area contributed by atoms with Crippen molar-refractivity contribution in [1.82, 2.24) is 5.01 Å². The Morgan fingerprint density at radius 2 is 1.96 bits per heavy atom. The molecule has 130 valence electrons. The molecule has 1 aliphatic rings. The van der Waals surface area contributed by atoms with E-state index >= 15 is 0 Å². The van der Waals surface area contributed by atoms with Crippen LogP contribution in [0, 0.1) is 0 Å². The van der Waals surface area contributed by atoms with Gasteiger partial charge in [-0.1, -0.05) is 30.3 Å².